The smallest absolute Gasteiger partial charge is 0.0422 e. The van der Waals surface area contributed by atoms with Crippen LogP contribution < -0.4 is 5.32 Å². The van der Waals surface area contributed by atoms with Gasteiger partial charge >= 0.3 is 0 Å². The van der Waals surface area contributed by atoms with Gasteiger partial charge in [-0.25, -0.2) is 0 Å². The van der Waals surface area contributed by atoms with E-state index in [4.69, 9.17) is 0 Å². The molecule has 100 valence electrons. The normalized spacial score (nSPS) is 25.4. The molecule has 3 heteroatoms. The Kier molecular flexibility index (Phi) is 6.17. The predicted molar refractivity (Wildman–Crippen MR) is 75.4 cm³/mol. The first-order chi connectivity index (χ1) is 8.04. The van der Waals surface area contributed by atoms with E-state index in [0.717, 1.165) is 13.1 Å². The Morgan fingerprint density at radius 3 is 2.65 bits per heavy atom. The van der Waals surface area contributed by atoms with E-state index in [1.54, 1.807) is 0 Å². The summed E-state index contributed by atoms with van der Waals surface area (Å²) in [6, 6.07) is 1.05. The lowest BCUT2D eigenvalue weighted by atomic mass is 10.0. The molecule has 0 amide bonds. The van der Waals surface area contributed by atoms with Gasteiger partial charge in [0.25, 0.3) is 0 Å². The van der Waals surface area contributed by atoms with Crippen molar-refractivity contribution in [3.63, 3.8) is 0 Å². The van der Waals surface area contributed by atoms with E-state index >= 15 is 0 Å². The molecule has 1 heterocycles. The van der Waals surface area contributed by atoms with Crippen LogP contribution in [0.25, 0.3) is 0 Å². The van der Waals surface area contributed by atoms with Crippen LogP contribution in [0.2, 0.25) is 0 Å². The number of hydrogen-bond acceptors (Lipinski definition) is 3. The van der Waals surface area contributed by atoms with Gasteiger partial charge in [0.2, 0.25) is 0 Å². The minimum atomic E-state index is 0.468. The molecule has 0 aromatic heterocycles. The van der Waals surface area contributed by atoms with Gasteiger partial charge in [0.1, 0.15) is 0 Å². The molecule has 17 heavy (non-hydrogen) atoms. The van der Waals surface area contributed by atoms with Gasteiger partial charge in [0.05, 0.1) is 0 Å². The summed E-state index contributed by atoms with van der Waals surface area (Å²) in [5.74, 6) is 0. The third kappa shape index (κ3) is 4.78. The number of allylic oxidation sites excluding steroid dienone is 1. The van der Waals surface area contributed by atoms with Crippen LogP contribution in [0.4, 0.5) is 0 Å². The topological polar surface area (TPSA) is 18.5 Å². The van der Waals surface area contributed by atoms with Gasteiger partial charge in [-0.3, -0.25) is 0 Å². The molecule has 0 aromatic carbocycles. The van der Waals surface area contributed by atoms with Crippen molar-refractivity contribution in [2.45, 2.75) is 39.3 Å². The molecule has 0 radical (unpaired) electrons. The van der Waals surface area contributed by atoms with E-state index in [2.05, 4.69) is 56.1 Å². The zero-order chi connectivity index (χ0) is 12.8. The highest BCUT2D eigenvalue weighted by Crippen LogP contribution is 2.12. The molecule has 0 bridgehead atoms. The molecule has 0 aromatic rings. The second-order valence-corrected chi connectivity index (χ2v) is 5.49. The fraction of sp³-hybridized carbons (Fsp3) is 0.857. The quantitative estimate of drug-likeness (QED) is 0.751. The molecular weight excluding hydrogens is 210 g/mol. The first-order valence-electron chi connectivity index (χ1n) is 6.81. The van der Waals surface area contributed by atoms with E-state index in [1.165, 1.54) is 25.1 Å². The Morgan fingerprint density at radius 2 is 2.06 bits per heavy atom. The molecular formula is C14H29N3. The summed E-state index contributed by atoms with van der Waals surface area (Å²) >= 11 is 0. The Labute approximate surface area is 107 Å². The summed E-state index contributed by atoms with van der Waals surface area (Å²) in [5.41, 5.74) is 1.40. The zero-order valence-corrected chi connectivity index (χ0v) is 12.2. The van der Waals surface area contributed by atoms with Crippen molar-refractivity contribution < 1.29 is 0 Å². The maximum atomic E-state index is 3.62. The lowest BCUT2D eigenvalue weighted by Gasteiger charge is -2.33. The third-order valence-corrected chi connectivity index (χ3v) is 3.48. The molecule has 1 aliphatic heterocycles. The summed E-state index contributed by atoms with van der Waals surface area (Å²) in [5, 5.41) is 3.62. The van der Waals surface area contributed by atoms with Gasteiger partial charge in [-0.15, -0.1) is 0 Å². The van der Waals surface area contributed by atoms with Crippen molar-refractivity contribution in [1.29, 1.82) is 0 Å². The first-order valence-corrected chi connectivity index (χ1v) is 6.81. The summed E-state index contributed by atoms with van der Waals surface area (Å²) in [6.07, 6.45) is 3.65. The second kappa shape index (κ2) is 7.14. The molecule has 0 spiro atoms. The fourth-order valence-electron chi connectivity index (χ4n) is 2.59. The lowest BCUT2D eigenvalue weighted by molar-refractivity contribution is 0.196. The summed E-state index contributed by atoms with van der Waals surface area (Å²) < 4.78 is 0. The Balaban J connectivity index is 2.77. The Bertz CT molecular complexity index is 246. The van der Waals surface area contributed by atoms with Crippen LogP contribution in [0, 0.1) is 0 Å². The molecule has 1 saturated heterocycles. The molecule has 2 atom stereocenters. The Hall–Kier alpha value is -0.380. The molecule has 0 saturated carbocycles. The van der Waals surface area contributed by atoms with Gasteiger partial charge in [0, 0.05) is 18.6 Å². The number of rotatable bonds is 4. The van der Waals surface area contributed by atoms with E-state index in [0.29, 0.717) is 12.1 Å². The molecule has 1 fully saturated rings. The maximum Gasteiger partial charge on any atom is 0.0422 e. The minimum Gasteiger partial charge on any atom is -0.309 e. The van der Waals surface area contributed by atoms with Gasteiger partial charge in [-0.05, 0) is 54.0 Å². The minimum absolute atomic E-state index is 0.468. The van der Waals surface area contributed by atoms with Gasteiger partial charge in [0.15, 0.2) is 0 Å². The largest absolute Gasteiger partial charge is 0.309 e. The van der Waals surface area contributed by atoms with E-state index in [-0.39, 0.29) is 0 Å². The summed E-state index contributed by atoms with van der Waals surface area (Å²) in [4.78, 5) is 4.97. The molecule has 1 N–H and O–H groups in total. The van der Waals surface area contributed by atoms with Crippen LogP contribution >= 0.6 is 0 Å². The van der Waals surface area contributed by atoms with Crippen molar-refractivity contribution in [2.75, 3.05) is 40.3 Å². The molecule has 2 unspecified atom stereocenters. The zero-order valence-electron chi connectivity index (χ0n) is 12.2. The summed E-state index contributed by atoms with van der Waals surface area (Å²) in [7, 11) is 4.49. The van der Waals surface area contributed by atoms with Crippen LogP contribution in [-0.4, -0.2) is 62.2 Å². The molecule has 3 nitrogen and oxygen atoms in total. The van der Waals surface area contributed by atoms with E-state index in [1.807, 2.05) is 0 Å². The predicted octanol–water partition coefficient (Wildman–Crippen LogP) is 1.57. The highest BCUT2D eigenvalue weighted by molar-refractivity contribution is 5.06. The third-order valence-electron chi connectivity index (χ3n) is 3.48. The van der Waals surface area contributed by atoms with Crippen molar-refractivity contribution in [3.05, 3.63) is 11.6 Å². The van der Waals surface area contributed by atoms with Crippen LogP contribution in [-0.2, 0) is 0 Å². The SMILES string of the molecule is CCNC(C=C(C)C)C1CN(C)CCCN1C. The molecule has 1 rings (SSSR count). The van der Waals surface area contributed by atoms with Crippen molar-refractivity contribution in [2.24, 2.45) is 0 Å². The van der Waals surface area contributed by atoms with Crippen LogP contribution in [0.3, 0.4) is 0 Å². The molecule has 0 aliphatic carbocycles. The van der Waals surface area contributed by atoms with E-state index < -0.39 is 0 Å². The Morgan fingerprint density at radius 1 is 1.35 bits per heavy atom. The highest BCUT2D eigenvalue weighted by atomic mass is 15.2. The van der Waals surface area contributed by atoms with Crippen LogP contribution in [0.15, 0.2) is 11.6 Å². The first kappa shape index (κ1) is 14.7. The second-order valence-electron chi connectivity index (χ2n) is 5.49. The van der Waals surface area contributed by atoms with Gasteiger partial charge in [-0.2, -0.15) is 0 Å². The van der Waals surface area contributed by atoms with Crippen molar-refractivity contribution >= 4 is 0 Å². The van der Waals surface area contributed by atoms with Crippen LogP contribution in [0.5, 0.6) is 0 Å². The number of likely N-dealkylation sites (N-methyl/N-ethyl adjacent to an activating group) is 3. The van der Waals surface area contributed by atoms with Crippen molar-refractivity contribution in [1.82, 2.24) is 15.1 Å². The van der Waals surface area contributed by atoms with Crippen LogP contribution in [0.1, 0.15) is 27.2 Å². The standard InChI is InChI=1S/C14H29N3/c1-6-15-13(10-12(2)3)14-11-16(4)8-7-9-17(14)5/h10,13-15H,6-9,11H2,1-5H3. The van der Waals surface area contributed by atoms with Crippen molar-refractivity contribution in [3.8, 4) is 0 Å². The van der Waals surface area contributed by atoms with Gasteiger partial charge in [-0.1, -0.05) is 18.6 Å². The average molecular weight is 239 g/mol. The fourth-order valence-corrected chi connectivity index (χ4v) is 2.59. The number of nitrogens with zero attached hydrogens (tertiary/aromatic N) is 2. The lowest BCUT2D eigenvalue weighted by Crippen LogP contribution is -2.51. The van der Waals surface area contributed by atoms with E-state index in [9.17, 15) is 0 Å². The van der Waals surface area contributed by atoms with Gasteiger partial charge < -0.3 is 15.1 Å². The summed E-state index contributed by atoms with van der Waals surface area (Å²) in [6.45, 7) is 11.2. The monoisotopic (exact) mass is 239 g/mol. The average Bonchev–Trinajstić information content (AvgIpc) is 2.39. The highest BCUT2D eigenvalue weighted by Gasteiger charge is 2.26. The number of nitrogens with one attached hydrogen (secondary N) is 1. The maximum absolute atomic E-state index is 3.62. The molecule has 1 aliphatic rings. The number of hydrogen-bond donors (Lipinski definition) is 1.